The Bertz CT molecular complexity index is 291. The summed E-state index contributed by atoms with van der Waals surface area (Å²) in [6.45, 7) is 2.74. The summed E-state index contributed by atoms with van der Waals surface area (Å²) in [5.74, 6) is 2.12. The quantitative estimate of drug-likeness (QED) is 0.789. The van der Waals surface area contributed by atoms with E-state index in [2.05, 4.69) is 10.2 Å². The monoisotopic (exact) mass is 234 g/mol. The lowest BCUT2D eigenvalue weighted by Gasteiger charge is -2.35. The highest BCUT2D eigenvalue weighted by atomic mass is 15.2. The van der Waals surface area contributed by atoms with Crippen LogP contribution in [-0.2, 0) is 0 Å². The van der Waals surface area contributed by atoms with Gasteiger partial charge in [-0.1, -0.05) is 12.8 Å². The standard InChI is InChI=1S/C15H26N2/c1-2-7-17-8-6-13(15(17)3-1)16-14-10-11-4-5-12(14)9-11/h11-16H,1-10H2. The Morgan fingerprint density at radius 3 is 2.65 bits per heavy atom. The minimum Gasteiger partial charge on any atom is -0.309 e. The second-order valence-corrected chi connectivity index (χ2v) is 6.94. The van der Waals surface area contributed by atoms with Gasteiger partial charge in [0.05, 0.1) is 0 Å². The Labute approximate surface area is 105 Å². The van der Waals surface area contributed by atoms with Gasteiger partial charge in [-0.3, -0.25) is 4.90 Å². The molecule has 0 spiro atoms. The van der Waals surface area contributed by atoms with E-state index in [1.165, 1.54) is 58.0 Å². The van der Waals surface area contributed by atoms with Gasteiger partial charge in [-0.2, -0.15) is 0 Å². The Morgan fingerprint density at radius 1 is 0.824 bits per heavy atom. The summed E-state index contributed by atoms with van der Waals surface area (Å²) in [6.07, 6.45) is 11.9. The third-order valence-corrected chi connectivity index (χ3v) is 6.02. The minimum absolute atomic E-state index is 0.833. The third-order valence-electron chi connectivity index (χ3n) is 6.02. The fourth-order valence-corrected chi connectivity index (χ4v) is 5.17. The van der Waals surface area contributed by atoms with Crippen molar-refractivity contribution in [3.05, 3.63) is 0 Å². The molecule has 17 heavy (non-hydrogen) atoms. The first kappa shape index (κ1) is 10.8. The molecule has 2 saturated heterocycles. The van der Waals surface area contributed by atoms with Crippen LogP contribution in [0.15, 0.2) is 0 Å². The summed E-state index contributed by atoms with van der Waals surface area (Å²) in [7, 11) is 0. The summed E-state index contributed by atoms with van der Waals surface area (Å²) < 4.78 is 0. The molecule has 0 aromatic carbocycles. The average Bonchev–Trinajstić information content (AvgIpc) is 3.05. The number of rotatable bonds is 2. The van der Waals surface area contributed by atoms with Crippen LogP contribution >= 0.6 is 0 Å². The Morgan fingerprint density at radius 2 is 1.82 bits per heavy atom. The van der Waals surface area contributed by atoms with Gasteiger partial charge in [0.1, 0.15) is 0 Å². The van der Waals surface area contributed by atoms with E-state index in [0.717, 1.165) is 30.0 Å². The van der Waals surface area contributed by atoms with E-state index >= 15 is 0 Å². The smallest absolute Gasteiger partial charge is 0.0249 e. The Hall–Kier alpha value is -0.0800. The number of nitrogens with one attached hydrogen (secondary N) is 1. The SMILES string of the molecule is C1CCN2CCC(NC3CC4CCC3C4)C2C1. The Balaban J connectivity index is 1.39. The lowest BCUT2D eigenvalue weighted by molar-refractivity contribution is 0.171. The summed E-state index contributed by atoms with van der Waals surface area (Å²) in [5.41, 5.74) is 0. The molecule has 2 aliphatic carbocycles. The number of nitrogens with zero attached hydrogens (tertiary/aromatic N) is 1. The molecule has 5 unspecified atom stereocenters. The fourth-order valence-electron chi connectivity index (χ4n) is 5.17. The van der Waals surface area contributed by atoms with Gasteiger partial charge in [0.15, 0.2) is 0 Å². The highest BCUT2D eigenvalue weighted by Gasteiger charge is 2.43. The van der Waals surface area contributed by atoms with Crippen LogP contribution in [0.1, 0.15) is 51.4 Å². The highest BCUT2D eigenvalue weighted by molar-refractivity contribution is 5.00. The van der Waals surface area contributed by atoms with E-state index in [1.54, 1.807) is 6.42 Å². The lowest BCUT2D eigenvalue weighted by atomic mass is 9.92. The molecule has 96 valence electrons. The molecule has 0 amide bonds. The molecular weight excluding hydrogens is 208 g/mol. The highest BCUT2D eigenvalue weighted by Crippen LogP contribution is 2.45. The molecule has 4 rings (SSSR count). The number of piperidine rings is 1. The van der Waals surface area contributed by atoms with Crippen molar-refractivity contribution in [1.29, 1.82) is 0 Å². The second-order valence-electron chi connectivity index (χ2n) is 6.94. The first-order chi connectivity index (χ1) is 8.40. The van der Waals surface area contributed by atoms with Crippen molar-refractivity contribution in [2.24, 2.45) is 11.8 Å². The van der Waals surface area contributed by atoms with Gasteiger partial charge in [-0.05, 0) is 56.9 Å². The molecule has 2 saturated carbocycles. The van der Waals surface area contributed by atoms with Crippen LogP contribution in [0, 0.1) is 11.8 Å². The van der Waals surface area contributed by atoms with Gasteiger partial charge in [-0.25, -0.2) is 0 Å². The van der Waals surface area contributed by atoms with E-state index in [4.69, 9.17) is 0 Å². The molecule has 4 aliphatic rings. The zero-order chi connectivity index (χ0) is 11.2. The van der Waals surface area contributed by atoms with Gasteiger partial charge in [0, 0.05) is 24.7 Å². The third kappa shape index (κ3) is 1.84. The van der Waals surface area contributed by atoms with Gasteiger partial charge >= 0.3 is 0 Å². The fraction of sp³-hybridized carbons (Fsp3) is 1.00. The van der Waals surface area contributed by atoms with Crippen LogP contribution < -0.4 is 5.32 Å². The van der Waals surface area contributed by atoms with E-state index in [-0.39, 0.29) is 0 Å². The molecule has 0 aromatic heterocycles. The predicted octanol–water partition coefficient (Wildman–Crippen LogP) is 2.39. The van der Waals surface area contributed by atoms with E-state index in [1.807, 2.05) is 0 Å². The summed E-state index contributed by atoms with van der Waals surface area (Å²) in [5, 5.41) is 4.07. The van der Waals surface area contributed by atoms with Crippen LogP contribution in [0.5, 0.6) is 0 Å². The van der Waals surface area contributed by atoms with Crippen LogP contribution in [0.3, 0.4) is 0 Å². The largest absolute Gasteiger partial charge is 0.309 e. The zero-order valence-electron chi connectivity index (χ0n) is 10.9. The van der Waals surface area contributed by atoms with Crippen molar-refractivity contribution >= 4 is 0 Å². The molecule has 2 aliphatic heterocycles. The van der Waals surface area contributed by atoms with Gasteiger partial charge in [0.25, 0.3) is 0 Å². The molecule has 5 atom stereocenters. The molecular formula is C15H26N2. The van der Waals surface area contributed by atoms with Crippen LogP contribution in [0.4, 0.5) is 0 Å². The van der Waals surface area contributed by atoms with Crippen molar-refractivity contribution in [2.75, 3.05) is 13.1 Å². The van der Waals surface area contributed by atoms with Crippen molar-refractivity contribution in [2.45, 2.75) is 69.5 Å². The average molecular weight is 234 g/mol. The second kappa shape index (κ2) is 4.24. The van der Waals surface area contributed by atoms with Crippen LogP contribution in [-0.4, -0.2) is 36.1 Å². The Kier molecular flexibility index (Phi) is 2.69. The minimum atomic E-state index is 0.833. The van der Waals surface area contributed by atoms with Crippen molar-refractivity contribution < 1.29 is 0 Å². The van der Waals surface area contributed by atoms with Crippen molar-refractivity contribution in [3.63, 3.8) is 0 Å². The maximum atomic E-state index is 4.07. The molecule has 2 heterocycles. The lowest BCUT2D eigenvalue weighted by Crippen LogP contribution is -2.49. The van der Waals surface area contributed by atoms with E-state index in [9.17, 15) is 0 Å². The molecule has 2 nitrogen and oxygen atoms in total. The maximum absolute atomic E-state index is 4.07. The molecule has 4 fully saturated rings. The molecule has 0 radical (unpaired) electrons. The maximum Gasteiger partial charge on any atom is 0.0249 e. The van der Waals surface area contributed by atoms with E-state index < -0.39 is 0 Å². The molecule has 2 bridgehead atoms. The van der Waals surface area contributed by atoms with Crippen molar-refractivity contribution in [3.8, 4) is 0 Å². The van der Waals surface area contributed by atoms with Crippen LogP contribution in [0.2, 0.25) is 0 Å². The van der Waals surface area contributed by atoms with Gasteiger partial charge in [-0.15, -0.1) is 0 Å². The molecule has 2 heteroatoms. The molecule has 1 N–H and O–H groups in total. The van der Waals surface area contributed by atoms with Gasteiger partial charge in [0.2, 0.25) is 0 Å². The number of hydrogen-bond donors (Lipinski definition) is 1. The topological polar surface area (TPSA) is 15.3 Å². The summed E-state index contributed by atoms with van der Waals surface area (Å²) in [4.78, 5) is 2.76. The normalized spacial score (nSPS) is 49.8. The van der Waals surface area contributed by atoms with Crippen LogP contribution in [0.25, 0.3) is 0 Å². The van der Waals surface area contributed by atoms with E-state index in [0.29, 0.717) is 0 Å². The molecule has 0 aromatic rings. The van der Waals surface area contributed by atoms with Crippen molar-refractivity contribution in [1.82, 2.24) is 10.2 Å². The summed E-state index contributed by atoms with van der Waals surface area (Å²) in [6, 6.07) is 2.61. The van der Waals surface area contributed by atoms with Gasteiger partial charge < -0.3 is 5.32 Å². The number of hydrogen-bond acceptors (Lipinski definition) is 2. The first-order valence-corrected chi connectivity index (χ1v) is 7.90. The zero-order valence-corrected chi connectivity index (χ0v) is 10.9. The predicted molar refractivity (Wildman–Crippen MR) is 70.0 cm³/mol. The number of fused-ring (bicyclic) bond motifs is 3. The summed E-state index contributed by atoms with van der Waals surface area (Å²) >= 11 is 0. The first-order valence-electron chi connectivity index (χ1n) is 7.90.